The van der Waals surface area contributed by atoms with E-state index in [0.717, 1.165) is 60.6 Å². The molecule has 29 heavy (non-hydrogen) atoms. The molecule has 7 heteroatoms. The first-order valence-electron chi connectivity index (χ1n) is 10.1. The maximum Gasteiger partial charge on any atom is 0.145 e. The van der Waals surface area contributed by atoms with Crippen LogP contribution in [-0.2, 0) is 13.0 Å². The largest absolute Gasteiger partial charge is 0.497 e. The predicted molar refractivity (Wildman–Crippen MR) is 121 cm³/mol. The van der Waals surface area contributed by atoms with E-state index in [2.05, 4.69) is 42.8 Å². The van der Waals surface area contributed by atoms with E-state index in [0.29, 0.717) is 0 Å². The number of aryl methyl sites for hydroxylation is 2. The lowest BCUT2D eigenvalue weighted by molar-refractivity contribution is 0.145. The lowest BCUT2D eigenvalue weighted by Gasteiger charge is -2.31. The monoisotopic (exact) mass is 428 g/mol. The zero-order valence-corrected chi connectivity index (χ0v) is 19.2. The molecule has 0 unspecified atom stereocenters. The van der Waals surface area contributed by atoms with Gasteiger partial charge in [-0.2, -0.15) is 0 Å². The van der Waals surface area contributed by atoms with Crippen molar-refractivity contribution in [2.45, 2.75) is 36.7 Å². The molecule has 154 valence electrons. The van der Waals surface area contributed by atoms with Crippen LogP contribution in [0.25, 0.3) is 10.2 Å². The Kier molecular flexibility index (Phi) is 6.39. The average molecular weight is 429 g/mol. The molecule has 1 fully saturated rings. The topological polar surface area (TPSA) is 41.5 Å². The van der Waals surface area contributed by atoms with Gasteiger partial charge in [-0.1, -0.05) is 18.7 Å². The maximum atomic E-state index is 5.30. The van der Waals surface area contributed by atoms with Crippen molar-refractivity contribution in [3.8, 4) is 5.75 Å². The highest BCUT2D eigenvalue weighted by atomic mass is 32.2. The number of piperazine rings is 1. The van der Waals surface area contributed by atoms with Crippen LogP contribution in [0.15, 0.2) is 34.2 Å². The number of ether oxygens (including phenoxy) is 1. The molecule has 0 atom stereocenters. The Labute approximate surface area is 181 Å². The normalized spacial score (nSPS) is 15.9. The number of rotatable bonds is 6. The summed E-state index contributed by atoms with van der Waals surface area (Å²) in [6, 6.07) is 8.21. The molecule has 0 N–H and O–H groups in total. The van der Waals surface area contributed by atoms with Gasteiger partial charge in [-0.25, -0.2) is 9.97 Å². The molecule has 0 saturated carbocycles. The van der Waals surface area contributed by atoms with E-state index >= 15 is 0 Å². The summed E-state index contributed by atoms with van der Waals surface area (Å²) >= 11 is 3.53. The van der Waals surface area contributed by atoms with E-state index in [1.807, 2.05) is 12.1 Å². The van der Waals surface area contributed by atoms with Gasteiger partial charge in [0, 0.05) is 41.3 Å². The van der Waals surface area contributed by atoms with Gasteiger partial charge in [-0.05, 0) is 50.2 Å². The number of nitrogens with zero attached hydrogens (tertiary/aromatic N) is 4. The molecule has 0 aliphatic carbocycles. The van der Waals surface area contributed by atoms with E-state index < -0.39 is 0 Å². The Morgan fingerprint density at radius 3 is 2.48 bits per heavy atom. The summed E-state index contributed by atoms with van der Waals surface area (Å²) < 4.78 is 5.30. The summed E-state index contributed by atoms with van der Waals surface area (Å²) in [5, 5.41) is 2.31. The smallest absolute Gasteiger partial charge is 0.145 e. The number of likely N-dealkylation sites (N-methyl/N-ethyl adjacent to an activating group) is 1. The van der Waals surface area contributed by atoms with Gasteiger partial charge in [-0.15, -0.1) is 11.3 Å². The molecule has 2 aromatic heterocycles. The summed E-state index contributed by atoms with van der Waals surface area (Å²) in [7, 11) is 3.88. The van der Waals surface area contributed by atoms with Gasteiger partial charge in [0.05, 0.1) is 13.7 Å². The van der Waals surface area contributed by atoms with Gasteiger partial charge in [0.25, 0.3) is 0 Å². The number of fused-ring (bicyclic) bond motifs is 1. The van der Waals surface area contributed by atoms with Gasteiger partial charge < -0.3 is 9.64 Å². The van der Waals surface area contributed by atoms with Crippen LogP contribution in [0.2, 0.25) is 0 Å². The number of hydrogen-bond acceptors (Lipinski definition) is 7. The molecule has 1 saturated heterocycles. The molecule has 0 radical (unpaired) electrons. The molecule has 3 heterocycles. The third kappa shape index (κ3) is 4.58. The molecule has 0 spiro atoms. The van der Waals surface area contributed by atoms with Crippen LogP contribution in [-0.4, -0.2) is 60.1 Å². The number of thiophene rings is 1. The van der Waals surface area contributed by atoms with Crippen molar-refractivity contribution in [2.24, 2.45) is 0 Å². The van der Waals surface area contributed by atoms with Gasteiger partial charge in [-0.3, -0.25) is 4.90 Å². The van der Waals surface area contributed by atoms with Crippen LogP contribution in [0.5, 0.6) is 5.75 Å². The van der Waals surface area contributed by atoms with Crippen molar-refractivity contribution in [1.29, 1.82) is 0 Å². The third-order valence-electron chi connectivity index (χ3n) is 5.45. The molecule has 0 bridgehead atoms. The molecule has 1 aliphatic heterocycles. The van der Waals surface area contributed by atoms with Crippen molar-refractivity contribution in [3.63, 3.8) is 0 Å². The maximum absolute atomic E-state index is 5.30. The minimum Gasteiger partial charge on any atom is -0.497 e. The zero-order chi connectivity index (χ0) is 20.4. The Balaban J connectivity index is 1.68. The third-order valence-corrected chi connectivity index (χ3v) is 7.49. The Morgan fingerprint density at radius 1 is 1.10 bits per heavy atom. The lowest BCUT2D eigenvalue weighted by atomic mass is 10.1. The predicted octanol–water partition coefficient (Wildman–Crippen LogP) is 4.47. The van der Waals surface area contributed by atoms with E-state index in [9.17, 15) is 0 Å². The fourth-order valence-electron chi connectivity index (χ4n) is 3.71. The molecular weight excluding hydrogens is 400 g/mol. The fraction of sp³-hybridized carbons (Fsp3) is 0.455. The van der Waals surface area contributed by atoms with Crippen LogP contribution in [0.3, 0.4) is 0 Å². The van der Waals surface area contributed by atoms with Crippen molar-refractivity contribution in [2.75, 3.05) is 40.3 Å². The first-order chi connectivity index (χ1) is 14.1. The SMILES string of the molecule is CCc1c(C)sc2nc(CN3CCN(C)CC3)nc(Sc3ccc(OC)cc3)c12. The van der Waals surface area contributed by atoms with Gasteiger partial charge in [0.1, 0.15) is 21.4 Å². The number of methoxy groups -OCH3 is 1. The van der Waals surface area contributed by atoms with Gasteiger partial charge in [0.15, 0.2) is 0 Å². The van der Waals surface area contributed by atoms with Crippen molar-refractivity contribution < 1.29 is 4.74 Å². The highest BCUT2D eigenvalue weighted by Crippen LogP contribution is 2.39. The molecule has 3 aromatic rings. The van der Waals surface area contributed by atoms with E-state index in [1.165, 1.54) is 20.7 Å². The molecule has 4 rings (SSSR count). The lowest BCUT2D eigenvalue weighted by Crippen LogP contribution is -2.44. The standard InChI is InChI=1S/C22H28N4OS2/c1-5-18-15(2)28-21-20(18)22(29-17-8-6-16(27-4)7-9-17)24-19(23-21)14-26-12-10-25(3)11-13-26/h6-9H,5,10-14H2,1-4H3. The number of aromatic nitrogens is 2. The fourth-order valence-corrected chi connectivity index (χ4v) is 5.87. The Hall–Kier alpha value is -1.67. The summed E-state index contributed by atoms with van der Waals surface area (Å²) in [6.45, 7) is 9.59. The highest BCUT2D eigenvalue weighted by Gasteiger charge is 2.20. The Bertz CT molecular complexity index is 979. The van der Waals surface area contributed by atoms with E-state index in [4.69, 9.17) is 14.7 Å². The summed E-state index contributed by atoms with van der Waals surface area (Å²) in [5.74, 6) is 1.81. The minimum absolute atomic E-state index is 0.818. The average Bonchev–Trinajstić information content (AvgIpc) is 3.05. The quantitative estimate of drug-likeness (QED) is 0.540. The summed E-state index contributed by atoms with van der Waals surface area (Å²) in [6.07, 6.45) is 1.00. The van der Waals surface area contributed by atoms with Gasteiger partial charge in [0.2, 0.25) is 0 Å². The second kappa shape index (κ2) is 9.00. The van der Waals surface area contributed by atoms with Gasteiger partial charge >= 0.3 is 0 Å². The van der Waals surface area contributed by atoms with E-state index in [1.54, 1.807) is 30.2 Å². The van der Waals surface area contributed by atoms with Crippen LogP contribution < -0.4 is 4.74 Å². The van der Waals surface area contributed by atoms with Crippen LogP contribution >= 0.6 is 23.1 Å². The minimum atomic E-state index is 0.818. The molecule has 1 aromatic carbocycles. The Morgan fingerprint density at radius 2 is 1.83 bits per heavy atom. The summed E-state index contributed by atoms with van der Waals surface area (Å²) in [4.78, 5) is 18.5. The first kappa shape index (κ1) is 20.6. The van der Waals surface area contributed by atoms with Crippen molar-refractivity contribution >= 4 is 33.3 Å². The molecular formula is C22H28N4OS2. The first-order valence-corrected chi connectivity index (χ1v) is 11.7. The molecule has 1 aliphatic rings. The molecule has 5 nitrogen and oxygen atoms in total. The van der Waals surface area contributed by atoms with Crippen LogP contribution in [0, 0.1) is 6.92 Å². The van der Waals surface area contributed by atoms with Crippen molar-refractivity contribution in [3.05, 3.63) is 40.5 Å². The second-order valence-corrected chi connectivity index (χ2v) is 9.74. The second-order valence-electron chi connectivity index (χ2n) is 7.47. The zero-order valence-electron chi connectivity index (χ0n) is 17.6. The number of hydrogen-bond donors (Lipinski definition) is 0. The van der Waals surface area contributed by atoms with Crippen molar-refractivity contribution in [1.82, 2.24) is 19.8 Å². The van der Waals surface area contributed by atoms with Crippen LogP contribution in [0.1, 0.15) is 23.2 Å². The highest BCUT2D eigenvalue weighted by molar-refractivity contribution is 7.99. The number of benzene rings is 1. The summed E-state index contributed by atoms with van der Waals surface area (Å²) in [5.41, 5.74) is 1.38. The molecule has 0 amide bonds. The van der Waals surface area contributed by atoms with E-state index in [-0.39, 0.29) is 0 Å². The van der Waals surface area contributed by atoms with Crippen LogP contribution in [0.4, 0.5) is 0 Å².